The molecule has 2 aromatic heterocycles. The summed E-state index contributed by atoms with van der Waals surface area (Å²) in [6.45, 7) is 2.56. The topological polar surface area (TPSA) is 61.0 Å². The minimum Gasteiger partial charge on any atom is -0.309 e. The first-order chi connectivity index (χ1) is 9.24. The van der Waals surface area contributed by atoms with Crippen LogP contribution in [0.5, 0.6) is 0 Å². The summed E-state index contributed by atoms with van der Waals surface area (Å²) < 4.78 is 0.706. The Labute approximate surface area is 115 Å². The van der Waals surface area contributed by atoms with E-state index < -0.39 is 0 Å². The molecule has 0 saturated heterocycles. The van der Waals surface area contributed by atoms with Gasteiger partial charge in [-0.15, -0.1) is 11.3 Å². The van der Waals surface area contributed by atoms with E-state index in [1.165, 1.54) is 24.2 Å². The Morgan fingerprint density at radius 2 is 2.42 bits per heavy atom. The molecular weight excluding hydrogens is 260 g/mol. The molecule has 1 fully saturated rings. The summed E-state index contributed by atoms with van der Waals surface area (Å²) in [7, 11) is 2.16. The number of thiophene rings is 1. The van der Waals surface area contributed by atoms with Crippen LogP contribution in [0.25, 0.3) is 10.2 Å². The summed E-state index contributed by atoms with van der Waals surface area (Å²) in [6, 6.07) is 2.68. The van der Waals surface area contributed by atoms with Gasteiger partial charge in [0.2, 0.25) is 0 Å². The van der Waals surface area contributed by atoms with Gasteiger partial charge in [-0.3, -0.25) is 4.79 Å². The molecule has 0 radical (unpaired) electrons. The lowest BCUT2D eigenvalue weighted by atomic mass is 10.4. The summed E-state index contributed by atoms with van der Waals surface area (Å²) in [6.07, 6.45) is 2.67. The van der Waals surface area contributed by atoms with Crippen molar-refractivity contribution in [3.63, 3.8) is 0 Å². The molecule has 0 aliphatic heterocycles. The average Bonchev–Trinajstić information content (AvgIpc) is 3.13. The van der Waals surface area contributed by atoms with Crippen LogP contribution in [0.3, 0.4) is 0 Å². The zero-order chi connectivity index (χ0) is 13.2. The second-order valence-electron chi connectivity index (χ2n) is 5.04. The largest absolute Gasteiger partial charge is 0.309 e. The lowest BCUT2D eigenvalue weighted by molar-refractivity contribution is 0.321. The predicted molar refractivity (Wildman–Crippen MR) is 77.6 cm³/mol. The smallest absolute Gasteiger partial charge is 0.268 e. The van der Waals surface area contributed by atoms with E-state index in [1.807, 2.05) is 11.4 Å². The fraction of sp³-hybridized carbons (Fsp3) is 0.538. The van der Waals surface area contributed by atoms with Crippen LogP contribution in [0.1, 0.15) is 18.7 Å². The first-order valence-corrected chi connectivity index (χ1v) is 7.49. The van der Waals surface area contributed by atoms with Crippen molar-refractivity contribution in [3.8, 4) is 0 Å². The Kier molecular flexibility index (Phi) is 3.63. The van der Waals surface area contributed by atoms with Gasteiger partial charge in [0, 0.05) is 19.1 Å². The molecule has 3 rings (SSSR count). The van der Waals surface area contributed by atoms with Gasteiger partial charge in [-0.05, 0) is 31.3 Å². The van der Waals surface area contributed by atoms with Crippen LogP contribution in [0, 0.1) is 0 Å². The number of fused-ring (bicyclic) bond motifs is 1. The molecule has 0 unspecified atom stereocenters. The molecule has 6 heteroatoms. The number of nitrogens with zero attached hydrogens (tertiary/aromatic N) is 2. The maximum absolute atomic E-state index is 11.8. The number of aromatic amines is 1. The van der Waals surface area contributed by atoms with E-state index in [-0.39, 0.29) is 5.56 Å². The van der Waals surface area contributed by atoms with E-state index in [1.54, 1.807) is 0 Å². The molecular formula is C13H18N4OS. The minimum absolute atomic E-state index is 0.0353. The molecule has 1 aliphatic carbocycles. The third-order valence-corrected chi connectivity index (χ3v) is 4.37. The zero-order valence-electron chi connectivity index (χ0n) is 11.0. The molecule has 102 valence electrons. The van der Waals surface area contributed by atoms with E-state index in [9.17, 15) is 4.79 Å². The number of aromatic nitrogens is 2. The lowest BCUT2D eigenvalue weighted by Gasteiger charge is -2.15. The number of H-pyrrole nitrogens is 1. The van der Waals surface area contributed by atoms with E-state index in [0.717, 1.165) is 24.6 Å². The number of hydrogen-bond acceptors (Lipinski definition) is 5. The Morgan fingerprint density at radius 1 is 1.58 bits per heavy atom. The van der Waals surface area contributed by atoms with Gasteiger partial charge >= 0.3 is 0 Å². The quantitative estimate of drug-likeness (QED) is 0.779. The molecule has 1 aliphatic rings. The second kappa shape index (κ2) is 5.40. The SMILES string of the molecule is CN(CCNCc1nc2ccsc2c(=O)[nH]1)C1CC1. The third-order valence-electron chi connectivity index (χ3n) is 3.47. The van der Waals surface area contributed by atoms with Gasteiger partial charge in [-0.1, -0.05) is 0 Å². The van der Waals surface area contributed by atoms with Gasteiger partial charge in [0.25, 0.3) is 5.56 Å². The molecule has 0 spiro atoms. The van der Waals surface area contributed by atoms with Gasteiger partial charge in [0.15, 0.2) is 0 Å². The van der Waals surface area contributed by atoms with E-state index in [0.29, 0.717) is 17.1 Å². The molecule has 5 nitrogen and oxygen atoms in total. The molecule has 19 heavy (non-hydrogen) atoms. The van der Waals surface area contributed by atoms with Crippen molar-refractivity contribution in [2.45, 2.75) is 25.4 Å². The van der Waals surface area contributed by atoms with Gasteiger partial charge < -0.3 is 15.2 Å². The van der Waals surface area contributed by atoms with E-state index in [4.69, 9.17) is 0 Å². The van der Waals surface area contributed by atoms with Crippen molar-refractivity contribution >= 4 is 21.6 Å². The highest BCUT2D eigenvalue weighted by Gasteiger charge is 2.25. The summed E-state index contributed by atoms with van der Waals surface area (Å²) in [4.78, 5) is 21.4. The highest BCUT2D eigenvalue weighted by molar-refractivity contribution is 7.17. The number of rotatable bonds is 6. The molecule has 0 amide bonds. The Balaban J connectivity index is 1.54. The standard InChI is InChI=1S/C13H18N4OS/c1-17(9-2-3-9)6-5-14-8-11-15-10-4-7-19-12(10)13(18)16-11/h4,7,9,14H,2-3,5-6,8H2,1H3,(H,15,16,18). The minimum atomic E-state index is -0.0353. The Morgan fingerprint density at radius 3 is 3.21 bits per heavy atom. The number of nitrogens with one attached hydrogen (secondary N) is 2. The van der Waals surface area contributed by atoms with Crippen LogP contribution >= 0.6 is 11.3 Å². The highest BCUT2D eigenvalue weighted by atomic mass is 32.1. The number of hydrogen-bond donors (Lipinski definition) is 2. The predicted octanol–water partition coefficient (Wildman–Crippen LogP) is 1.17. The van der Waals surface area contributed by atoms with Crippen LogP contribution < -0.4 is 10.9 Å². The van der Waals surface area contributed by atoms with Crippen molar-refractivity contribution in [3.05, 3.63) is 27.6 Å². The van der Waals surface area contributed by atoms with Gasteiger partial charge in [0.1, 0.15) is 10.5 Å². The maximum atomic E-state index is 11.8. The monoisotopic (exact) mass is 278 g/mol. The van der Waals surface area contributed by atoms with Crippen LogP contribution in [0.4, 0.5) is 0 Å². The molecule has 0 atom stereocenters. The van der Waals surface area contributed by atoms with Gasteiger partial charge in [-0.2, -0.15) is 0 Å². The Bertz CT molecular complexity index is 616. The van der Waals surface area contributed by atoms with Crippen LogP contribution in [-0.2, 0) is 6.54 Å². The average molecular weight is 278 g/mol. The molecule has 1 saturated carbocycles. The van der Waals surface area contributed by atoms with Crippen molar-refractivity contribution in [1.82, 2.24) is 20.2 Å². The van der Waals surface area contributed by atoms with Crippen molar-refractivity contribution in [2.75, 3.05) is 20.1 Å². The summed E-state index contributed by atoms with van der Waals surface area (Å²) in [5.41, 5.74) is 0.757. The van der Waals surface area contributed by atoms with Crippen LogP contribution in [-0.4, -0.2) is 41.0 Å². The van der Waals surface area contributed by atoms with Gasteiger partial charge in [-0.25, -0.2) is 4.98 Å². The molecule has 2 aromatic rings. The summed E-state index contributed by atoms with van der Waals surface area (Å²) >= 11 is 1.43. The third kappa shape index (κ3) is 3.02. The van der Waals surface area contributed by atoms with Crippen LogP contribution in [0.2, 0.25) is 0 Å². The maximum Gasteiger partial charge on any atom is 0.268 e. The summed E-state index contributed by atoms with van der Waals surface area (Å²) in [5.74, 6) is 0.713. The summed E-state index contributed by atoms with van der Waals surface area (Å²) in [5, 5.41) is 5.23. The molecule has 2 heterocycles. The van der Waals surface area contributed by atoms with Gasteiger partial charge in [0.05, 0.1) is 12.1 Å². The lowest BCUT2D eigenvalue weighted by Crippen LogP contribution is -2.31. The van der Waals surface area contributed by atoms with Crippen molar-refractivity contribution < 1.29 is 0 Å². The zero-order valence-corrected chi connectivity index (χ0v) is 11.8. The first kappa shape index (κ1) is 12.8. The number of likely N-dealkylation sites (N-methyl/N-ethyl adjacent to an activating group) is 1. The Hall–Kier alpha value is -1.24. The van der Waals surface area contributed by atoms with Crippen molar-refractivity contribution in [1.29, 1.82) is 0 Å². The normalized spacial score (nSPS) is 15.5. The van der Waals surface area contributed by atoms with Crippen LogP contribution in [0.15, 0.2) is 16.2 Å². The fourth-order valence-corrected chi connectivity index (χ4v) is 2.89. The first-order valence-electron chi connectivity index (χ1n) is 6.61. The molecule has 2 N–H and O–H groups in total. The fourth-order valence-electron chi connectivity index (χ4n) is 2.17. The molecule has 0 aromatic carbocycles. The molecule has 0 bridgehead atoms. The highest BCUT2D eigenvalue weighted by Crippen LogP contribution is 2.24. The second-order valence-corrected chi connectivity index (χ2v) is 5.95. The van der Waals surface area contributed by atoms with Crippen molar-refractivity contribution in [2.24, 2.45) is 0 Å². The van der Waals surface area contributed by atoms with E-state index >= 15 is 0 Å². The van der Waals surface area contributed by atoms with E-state index in [2.05, 4.69) is 27.2 Å².